The van der Waals surface area contributed by atoms with Crippen LogP contribution in [0.1, 0.15) is 17.5 Å². The molecule has 0 heterocycles. The van der Waals surface area contributed by atoms with Gasteiger partial charge in [-0.15, -0.1) is 0 Å². The Morgan fingerprint density at radius 3 is 2.50 bits per heavy atom. The van der Waals surface area contributed by atoms with Gasteiger partial charge in [0.25, 0.3) is 5.91 Å². The van der Waals surface area contributed by atoms with E-state index < -0.39 is 0 Å². The van der Waals surface area contributed by atoms with Gasteiger partial charge in [0, 0.05) is 6.54 Å². The van der Waals surface area contributed by atoms with Crippen molar-refractivity contribution in [2.24, 2.45) is 0 Å². The summed E-state index contributed by atoms with van der Waals surface area (Å²) in [6, 6.07) is 18.9. The summed E-state index contributed by atoms with van der Waals surface area (Å²) in [5, 5.41) is 11.5. The number of amides is 1. The molecule has 0 aliphatic heterocycles. The average Bonchev–Trinajstić information content (AvgIpc) is 2.58. The van der Waals surface area contributed by atoms with Gasteiger partial charge in [0.1, 0.15) is 5.75 Å². The Morgan fingerprint density at radius 1 is 1.09 bits per heavy atom. The molecule has 2 aromatic carbocycles. The number of nitriles is 1. The fraction of sp³-hybridized carbons (Fsp3) is 0.222. The van der Waals surface area contributed by atoms with Crippen LogP contribution in [-0.4, -0.2) is 19.1 Å². The number of carbonyl (C=O) groups excluding carboxylic acids is 1. The summed E-state index contributed by atoms with van der Waals surface area (Å²) in [5.41, 5.74) is 1.84. The molecule has 0 atom stereocenters. The van der Waals surface area contributed by atoms with E-state index in [1.807, 2.05) is 24.3 Å². The van der Waals surface area contributed by atoms with Crippen molar-refractivity contribution in [3.05, 3.63) is 65.7 Å². The van der Waals surface area contributed by atoms with Crippen LogP contribution < -0.4 is 10.1 Å². The Morgan fingerprint density at radius 2 is 1.82 bits per heavy atom. The first-order chi connectivity index (χ1) is 10.8. The molecule has 0 radical (unpaired) electrons. The molecule has 1 amide bonds. The molecule has 0 saturated heterocycles. The highest BCUT2D eigenvalue weighted by molar-refractivity contribution is 5.77. The highest BCUT2D eigenvalue weighted by Crippen LogP contribution is 2.11. The molecule has 0 spiro atoms. The van der Waals surface area contributed by atoms with Crippen LogP contribution in [0.15, 0.2) is 54.6 Å². The quantitative estimate of drug-likeness (QED) is 0.799. The van der Waals surface area contributed by atoms with E-state index in [4.69, 9.17) is 10.00 Å². The molecule has 0 bridgehead atoms. The fourth-order valence-corrected chi connectivity index (χ4v) is 1.99. The van der Waals surface area contributed by atoms with Crippen molar-refractivity contribution < 1.29 is 9.53 Å². The van der Waals surface area contributed by atoms with Crippen molar-refractivity contribution >= 4 is 5.91 Å². The van der Waals surface area contributed by atoms with Crippen LogP contribution >= 0.6 is 0 Å². The summed E-state index contributed by atoms with van der Waals surface area (Å²) < 4.78 is 5.36. The molecule has 0 unspecified atom stereocenters. The first-order valence-electron chi connectivity index (χ1n) is 7.21. The minimum atomic E-state index is -0.141. The van der Waals surface area contributed by atoms with Crippen molar-refractivity contribution in [3.63, 3.8) is 0 Å². The molecular weight excluding hydrogens is 276 g/mol. The number of hydrogen-bond acceptors (Lipinski definition) is 3. The van der Waals surface area contributed by atoms with Crippen molar-refractivity contribution in [1.82, 2.24) is 5.32 Å². The van der Waals surface area contributed by atoms with E-state index in [2.05, 4.69) is 17.4 Å². The third-order valence-electron chi connectivity index (χ3n) is 3.16. The van der Waals surface area contributed by atoms with E-state index >= 15 is 0 Å². The topological polar surface area (TPSA) is 62.1 Å². The van der Waals surface area contributed by atoms with E-state index in [0.717, 1.165) is 12.8 Å². The first-order valence-corrected chi connectivity index (χ1v) is 7.21. The van der Waals surface area contributed by atoms with Crippen molar-refractivity contribution in [3.8, 4) is 11.8 Å². The number of aryl methyl sites for hydroxylation is 1. The standard InChI is InChI=1S/C18H18N2O2/c19-13-16-8-10-17(11-9-16)22-14-18(21)20-12-4-7-15-5-2-1-3-6-15/h1-3,5-6,8-11H,4,7,12,14H2,(H,20,21). The largest absolute Gasteiger partial charge is 0.484 e. The molecular formula is C18H18N2O2. The first kappa shape index (κ1) is 15.6. The van der Waals surface area contributed by atoms with Crippen LogP contribution in [0, 0.1) is 11.3 Å². The summed E-state index contributed by atoms with van der Waals surface area (Å²) in [5.74, 6) is 0.441. The molecule has 1 N–H and O–H groups in total. The van der Waals surface area contributed by atoms with E-state index in [0.29, 0.717) is 17.9 Å². The highest BCUT2D eigenvalue weighted by Gasteiger charge is 2.02. The van der Waals surface area contributed by atoms with Crippen LogP contribution in [0.4, 0.5) is 0 Å². The molecule has 2 aromatic rings. The van der Waals surface area contributed by atoms with Gasteiger partial charge in [-0.1, -0.05) is 30.3 Å². The monoisotopic (exact) mass is 294 g/mol. The molecule has 0 aliphatic carbocycles. The molecule has 0 aliphatic rings. The van der Waals surface area contributed by atoms with E-state index in [1.54, 1.807) is 24.3 Å². The Hall–Kier alpha value is -2.80. The lowest BCUT2D eigenvalue weighted by Crippen LogP contribution is -2.29. The molecule has 4 heteroatoms. The maximum atomic E-state index is 11.7. The molecule has 0 fully saturated rings. The van der Waals surface area contributed by atoms with Gasteiger partial charge in [0.15, 0.2) is 6.61 Å². The average molecular weight is 294 g/mol. The highest BCUT2D eigenvalue weighted by atomic mass is 16.5. The molecule has 4 nitrogen and oxygen atoms in total. The second-order valence-electron chi connectivity index (χ2n) is 4.86. The molecule has 112 valence electrons. The molecule has 22 heavy (non-hydrogen) atoms. The third kappa shape index (κ3) is 5.29. The minimum Gasteiger partial charge on any atom is -0.484 e. The summed E-state index contributed by atoms with van der Waals surface area (Å²) >= 11 is 0. The van der Waals surface area contributed by atoms with Crippen LogP contribution in [0.2, 0.25) is 0 Å². The summed E-state index contributed by atoms with van der Waals surface area (Å²) in [4.78, 5) is 11.7. The number of hydrogen-bond donors (Lipinski definition) is 1. The van der Waals surface area contributed by atoms with Crippen LogP contribution in [0.25, 0.3) is 0 Å². The van der Waals surface area contributed by atoms with Crippen molar-refractivity contribution in [2.45, 2.75) is 12.8 Å². The maximum Gasteiger partial charge on any atom is 0.257 e. The van der Waals surface area contributed by atoms with Gasteiger partial charge in [-0.05, 0) is 42.7 Å². The van der Waals surface area contributed by atoms with Crippen LogP contribution in [0.5, 0.6) is 5.75 Å². The Balaban J connectivity index is 1.62. The lowest BCUT2D eigenvalue weighted by Gasteiger charge is -2.07. The number of rotatable bonds is 7. The SMILES string of the molecule is N#Cc1ccc(OCC(=O)NCCCc2ccccc2)cc1. The lowest BCUT2D eigenvalue weighted by molar-refractivity contribution is -0.123. The Labute approximate surface area is 130 Å². The number of nitrogens with zero attached hydrogens (tertiary/aromatic N) is 1. The second kappa shape index (κ2) is 8.48. The number of carbonyl (C=O) groups is 1. The number of ether oxygens (including phenoxy) is 1. The Kier molecular flexibility index (Phi) is 6.01. The zero-order valence-electron chi connectivity index (χ0n) is 12.3. The van der Waals surface area contributed by atoms with Crippen LogP contribution in [-0.2, 0) is 11.2 Å². The molecule has 2 rings (SSSR count). The predicted molar refractivity (Wildman–Crippen MR) is 84.4 cm³/mol. The minimum absolute atomic E-state index is 0.0166. The maximum absolute atomic E-state index is 11.7. The van der Waals surface area contributed by atoms with Crippen molar-refractivity contribution in [1.29, 1.82) is 5.26 Å². The summed E-state index contributed by atoms with van der Waals surface area (Å²) in [6.45, 7) is 0.613. The van der Waals surface area contributed by atoms with E-state index in [-0.39, 0.29) is 12.5 Å². The van der Waals surface area contributed by atoms with E-state index in [1.165, 1.54) is 5.56 Å². The van der Waals surface area contributed by atoms with Gasteiger partial charge in [-0.25, -0.2) is 0 Å². The molecule has 0 aromatic heterocycles. The number of nitrogens with one attached hydrogen (secondary N) is 1. The third-order valence-corrected chi connectivity index (χ3v) is 3.16. The smallest absolute Gasteiger partial charge is 0.257 e. The Bertz CT molecular complexity index is 630. The zero-order chi connectivity index (χ0) is 15.6. The second-order valence-corrected chi connectivity index (χ2v) is 4.86. The number of benzene rings is 2. The lowest BCUT2D eigenvalue weighted by atomic mass is 10.1. The van der Waals surface area contributed by atoms with E-state index in [9.17, 15) is 4.79 Å². The van der Waals surface area contributed by atoms with Gasteiger partial charge in [-0.2, -0.15) is 5.26 Å². The predicted octanol–water partition coefficient (Wildman–Crippen LogP) is 2.69. The fourth-order valence-electron chi connectivity index (χ4n) is 1.99. The van der Waals surface area contributed by atoms with Crippen molar-refractivity contribution in [2.75, 3.05) is 13.2 Å². The molecule has 0 saturated carbocycles. The van der Waals surface area contributed by atoms with Gasteiger partial charge in [0.2, 0.25) is 0 Å². The van der Waals surface area contributed by atoms with Gasteiger partial charge < -0.3 is 10.1 Å². The zero-order valence-corrected chi connectivity index (χ0v) is 12.3. The van der Waals surface area contributed by atoms with Gasteiger partial charge in [-0.3, -0.25) is 4.79 Å². The summed E-state index contributed by atoms with van der Waals surface area (Å²) in [7, 11) is 0. The van der Waals surface area contributed by atoms with Crippen LogP contribution in [0.3, 0.4) is 0 Å². The normalized spacial score (nSPS) is 9.77. The summed E-state index contributed by atoms with van der Waals surface area (Å²) in [6.07, 6.45) is 1.84. The van der Waals surface area contributed by atoms with Gasteiger partial charge >= 0.3 is 0 Å². The van der Waals surface area contributed by atoms with Gasteiger partial charge in [0.05, 0.1) is 11.6 Å².